The number of rotatable bonds is 8. The minimum atomic E-state index is -0.205. The maximum absolute atomic E-state index is 11.9. The van der Waals surface area contributed by atoms with Crippen molar-refractivity contribution in [2.75, 3.05) is 13.2 Å². The number of nitrogens with zero attached hydrogens (tertiary/aromatic N) is 2. The number of hydrogen-bond acceptors (Lipinski definition) is 5. The standard InChI is InChI=1S/C21H23N3O4/c1-15-11-16(2)13-17(12-15)28-14-20(25)22-8-4-9-24-21(26)7-6-18(23-24)19-5-3-10-27-19/h3,5-7,10-13H,4,8-9,14H2,1-2H3,(H,22,25). The number of ether oxygens (including phenoxy) is 1. The molecule has 0 saturated heterocycles. The normalized spacial score (nSPS) is 10.6. The summed E-state index contributed by atoms with van der Waals surface area (Å²) < 4.78 is 12.2. The minimum Gasteiger partial charge on any atom is -0.484 e. The fraction of sp³-hybridized carbons (Fsp3) is 0.286. The Hall–Kier alpha value is -3.35. The van der Waals surface area contributed by atoms with Gasteiger partial charge in [0.1, 0.15) is 11.4 Å². The van der Waals surface area contributed by atoms with Crippen molar-refractivity contribution in [3.63, 3.8) is 0 Å². The van der Waals surface area contributed by atoms with E-state index in [0.29, 0.717) is 36.7 Å². The highest BCUT2D eigenvalue weighted by atomic mass is 16.5. The van der Waals surface area contributed by atoms with Crippen LogP contribution in [0.25, 0.3) is 11.5 Å². The van der Waals surface area contributed by atoms with Gasteiger partial charge in [0.2, 0.25) is 0 Å². The van der Waals surface area contributed by atoms with Crippen LogP contribution >= 0.6 is 0 Å². The van der Waals surface area contributed by atoms with Gasteiger partial charge in [-0.3, -0.25) is 9.59 Å². The molecule has 0 bridgehead atoms. The number of furan rings is 1. The molecule has 0 unspecified atom stereocenters. The van der Waals surface area contributed by atoms with Gasteiger partial charge in [0.15, 0.2) is 12.4 Å². The van der Waals surface area contributed by atoms with Crippen molar-refractivity contribution in [1.29, 1.82) is 0 Å². The van der Waals surface area contributed by atoms with Crippen LogP contribution in [-0.4, -0.2) is 28.8 Å². The maximum atomic E-state index is 11.9. The van der Waals surface area contributed by atoms with Gasteiger partial charge in [-0.15, -0.1) is 0 Å². The third kappa shape index (κ3) is 5.33. The smallest absolute Gasteiger partial charge is 0.266 e. The molecular formula is C21H23N3O4. The Bertz CT molecular complexity index is 973. The lowest BCUT2D eigenvalue weighted by Crippen LogP contribution is -2.31. The second kappa shape index (κ2) is 9.03. The number of aryl methyl sites for hydroxylation is 3. The first kappa shape index (κ1) is 19.4. The number of nitrogens with one attached hydrogen (secondary N) is 1. The zero-order valence-electron chi connectivity index (χ0n) is 16.0. The fourth-order valence-corrected chi connectivity index (χ4v) is 2.84. The minimum absolute atomic E-state index is 0.0466. The van der Waals surface area contributed by atoms with Crippen LogP contribution in [-0.2, 0) is 11.3 Å². The molecule has 2 heterocycles. The van der Waals surface area contributed by atoms with Crippen LogP contribution in [0.2, 0.25) is 0 Å². The van der Waals surface area contributed by atoms with Crippen molar-refractivity contribution in [3.05, 3.63) is 70.2 Å². The van der Waals surface area contributed by atoms with Crippen molar-refractivity contribution >= 4 is 5.91 Å². The van der Waals surface area contributed by atoms with Crippen LogP contribution < -0.4 is 15.6 Å². The van der Waals surface area contributed by atoms with Crippen LogP contribution in [0, 0.1) is 13.8 Å². The molecule has 1 amide bonds. The number of amides is 1. The summed E-state index contributed by atoms with van der Waals surface area (Å²) in [6.45, 7) is 4.74. The fourth-order valence-electron chi connectivity index (χ4n) is 2.84. The van der Waals surface area contributed by atoms with Crippen molar-refractivity contribution in [1.82, 2.24) is 15.1 Å². The second-order valence-corrected chi connectivity index (χ2v) is 6.57. The van der Waals surface area contributed by atoms with Gasteiger partial charge in [0.25, 0.3) is 11.5 Å². The summed E-state index contributed by atoms with van der Waals surface area (Å²) in [4.78, 5) is 23.9. The summed E-state index contributed by atoms with van der Waals surface area (Å²) in [5.41, 5.74) is 2.57. The van der Waals surface area contributed by atoms with Crippen molar-refractivity contribution in [3.8, 4) is 17.2 Å². The highest BCUT2D eigenvalue weighted by Crippen LogP contribution is 2.16. The van der Waals surface area contributed by atoms with Gasteiger partial charge in [-0.05, 0) is 61.7 Å². The molecule has 0 fully saturated rings. The van der Waals surface area contributed by atoms with Crippen LogP contribution in [0.3, 0.4) is 0 Å². The van der Waals surface area contributed by atoms with E-state index in [1.807, 2.05) is 32.0 Å². The van der Waals surface area contributed by atoms with Gasteiger partial charge in [0, 0.05) is 19.2 Å². The Balaban J connectivity index is 1.45. The molecule has 0 aliphatic carbocycles. The third-order valence-electron chi connectivity index (χ3n) is 4.07. The molecule has 3 rings (SSSR count). The van der Waals surface area contributed by atoms with Crippen LogP contribution in [0.4, 0.5) is 0 Å². The maximum Gasteiger partial charge on any atom is 0.266 e. The average Bonchev–Trinajstić information content (AvgIpc) is 3.19. The largest absolute Gasteiger partial charge is 0.484 e. The van der Waals surface area contributed by atoms with E-state index in [2.05, 4.69) is 10.4 Å². The highest BCUT2D eigenvalue weighted by molar-refractivity contribution is 5.77. The lowest BCUT2D eigenvalue weighted by atomic mass is 10.1. The van der Waals surface area contributed by atoms with Gasteiger partial charge >= 0.3 is 0 Å². The zero-order valence-corrected chi connectivity index (χ0v) is 16.0. The van der Waals surface area contributed by atoms with E-state index < -0.39 is 0 Å². The molecule has 7 heteroatoms. The first-order chi connectivity index (χ1) is 13.5. The lowest BCUT2D eigenvalue weighted by molar-refractivity contribution is -0.123. The van der Waals surface area contributed by atoms with Gasteiger partial charge < -0.3 is 14.5 Å². The quantitative estimate of drug-likeness (QED) is 0.606. The van der Waals surface area contributed by atoms with Gasteiger partial charge in [0.05, 0.1) is 6.26 Å². The summed E-state index contributed by atoms with van der Waals surface area (Å²) in [6, 6.07) is 12.5. The number of hydrogen-bond donors (Lipinski definition) is 1. The molecule has 0 spiro atoms. The van der Waals surface area contributed by atoms with E-state index in [1.165, 1.54) is 10.7 Å². The highest BCUT2D eigenvalue weighted by Gasteiger charge is 2.07. The molecule has 1 N–H and O–H groups in total. The number of carbonyl (C=O) groups excluding carboxylic acids is 1. The molecule has 0 saturated carbocycles. The molecule has 146 valence electrons. The number of benzene rings is 1. The van der Waals surface area contributed by atoms with Crippen LogP contribution in [0.1, 0.15) is 17.5 Å². The Morgan fingerprint density at radius 2 is 1.96 bits per heavy atom. The SMILES string of the molecule is Cc1cc(C)cc(OCC(=O)NCCCn2nc(-c3ccco3)ccc2=O)c1. The molecule has 1 aromatic carbocycles. The van der Waals surface area contributed by atoms with Crippen molar-refractivity contribution in [2.24, 2.45) is 0 Å². The monoisotopic (exact) mass is 381 g/mol. The predicted molar refractivity (Wildman–Crippen MR) is 105 cm³/mol. The zero-order chi connectivity index (χ0) is 19.9. The molecule has 7 nitrogen and oxygen atoms in total. The van der Waals surface area contributed by atoms with E-state index >= 15 is 0 Å². The molecule has 28 heavy (non-hydrogen) atoms. The molecule has 2 aromatic heterocycles. The first-order valence-electron chi connectivity index (χ1n) is 9.11. The second-order valence-electron chi connectivity index (χ2n) is 6.57. The van der Waals surface area contributed by atoms with Gasteiger partial charge in [-0.25, -0.2) is 4.68 Å². The molecule has 0 atom stereocenters. The van der Waals surface area contributed by atoms with Crippen LogP contribution in [0.15, 0.2) is 57.9 Å². The molecule has 0 aliphatic heterocycles. The lowest BCUT2D eigenvalue weighted by Gasteiger charge is -2.09. The van der Waals surface area contributed by atoms with E-state index in [9.17, 15) is 9.59 Å². The van der Waals surface area contributed by atoms with E-state index in [0.717, 1.165) is 11.1 Å². The van der Waals surface area contributed by atoms with Crippen molar-refractivity contribution < 1.29 is 13.9 Å². The summed E-state index contributed by atoms with van der Waals surface area (Å²) in [6.07, 6.45) is 2.13. The van der Waals surface area contributed by atoms with Gasteiger partial charge in [-0.1, -0.05) is 6.07 Å². The molecule has 0 radical (unpaired) electrons. The predicted octanol–water partition coefficient (Wildman–Crippen LogP) is 2.71. The average molecular weight is 381 g/mol. The van der Waals surface area contributed by atoms with E-state index in [4.69, 9.17) is 9.15 Å². The number of aromatic nitrogens is 2. The molecule has 3 aromatic rings. The van der Waals surface area contributed by atoms with Gasteiger partial charge in [-0.2, -0.15) is 5.10 Å². The third-order valence-corrected chi connectivity index (χ3v) is 4.07. The number of carbonyl (C=O) groups is 1. The van der Waals surface area contributed by atoms with Crippen LogP contribution in [0.5, 0.6) is 5.75 Å². The molecule has 0 aliphatic rings. The summed E-state index contributed by atoms with van der Waals surface area (Å²) in [5, 5.41) is 7.09. The Morgan fingerprint density at radius 1 is 1.18 bits per heavy atom. The summed E-state index contributed by atoms with van der Waals surface area (Å²) in [7, 11) is 0. The topological polar surface area (TPSA) is 86.4 Å². The Morgan fingerprint density at radius 3 is 2.68 bits per heavy atom. The van der Waals surface area contributed by atoms with E-state index in [-0.39, 0.29) is 18.1 Å². The van der Waals surface area contributed by atoms with Crippen molar-refractivity contribution in [2.45, 2.75) is 26.8 Å². The summed E-state index contributed by atoms with van der Waals surface area (Å²) >= 11 is 0. The Kier molecular flexibility index (Phi) is 6.26. The van der Waals surface area contributed by atoms with E-state index in [1.54, 1.807) is 24.5 Å². The first-order valence-corrected chi connectivity index (χ1v) is 9.11. The Labute approximate surface area is 162 Å². The summed E-state index contributed by atoms with van der Waals surface area (Å²) in [5.74, 6) is 1.08. The molecular weight excluding hydrogens is 358 g/mol.